The van der Waals surface area contributed by atoms with Crippen LogP contribution in [0.2, 0.25) is 0 Å². The Morgan fingerprint density at radius 2 is 1.53 bits per heavy atom. The third kappa shape index (κ3) is 1.89. The van der Waals surface area contributed by atoms with Crippen LogP contribution in [0.15, 0.2) is 42.5 Å². The highest BCUT2D eigenvalue weighted by molar-refractivity contribution is 6.02. The van der Waals surface area contributed by atoms with Gasteiger partial charge in [0.05, 0.1) is 0 Å². The van der Waals surface area contributed by atoms with E-state index in [4.69, 9.17) is 0 Å². The second-order valence-corrected chi connectivity index (χ2v) is 4.87. The number of fused-ring (bicyclic) bond motifs is 2. The van der Waals surface area contributed by atoms with E-state index in [2.05, 4.69) is 60.0 Å². The minimum atomic E-state index is 1.15. The molecule has 2 N–H and O–H groups in total. The van der Waals surface area contributed by atoms with Gasteiger partial charge in [0.25, 0.3) is 0 Å². The molecule has 0 heterocycles. The molecule has 0 unspecified atom stereocenters. The molecule has 0 bridgehead atoms. The molecular weight excluding hydrogens is 232 g/mol. The van der Waals surface area contributed by atoms with Crippen molar-refractivity contribution in [2.45, 2.75) is 6.92 Å². The zero-order valence-electron chi connectivity index (χ0n) is 11.5. The van der Waals surface area contributed by atoms with Crippen molar-refractivity contribution in [1.29, 1.82) is 0 Å². The Morgan fingerprint density at radius 3 is 2.26 bits per heavy atom. The van der Waals surface area contributed by atoms with Crippen LogP contribution in [0.25, 0.3) is 21.5 Å². The molecule has 0 atom stereocenters. The van der Waals surface area contributed by atoms with E-state index >= 15 is 0 Å². The van der Waals surface area contributed by atoms with Gasteiger partial charge in [0, 0.05) is 25.5 Å². The van der Waals surface area contributed by atoms with Gasteiger partial charge in [0.15, 0.2) is 0 Å². The highest BCUT2D eigenvalue weighted by Gasteiger charge is 2.04. The van der Waals surface area contributed by atoms with Crippen molar-refractivity contribution >= 4 is 32.9 Å². The van der Waals surface area contributed by atoms with Crippen molar-refractivity contribution in [3.05, 3.63) is 48.0 Å². The van der Waals surface area contributed by atoms with Crippen LogP contribution in [0.4, 0.5) is 11.4 Å². The summed E-state index contributed by atoms with van der Waals surface area (Å²) in [6.07, 6.45) is 0. The number of hydrogen-bond donors (Lipinski definition) is 2. The summed E-state index contributed by atoms with van der Waals surface area (Å²) in [5, 5.41) is 11.6. The van der Waals surface area contributed by atoms with Crippen molar-refractivity contribution in [1.82, 2.24) is 0 Å². The van der Waals surface area contributed by atoms with E-state index in [0.29, 0.717) is 0 Å². The Balaban J connectivity index is 2.34. The maximum Gasteiger partial charge on any atom is 0.0373 e. The molecule has 0 aliphatic heterocycles. The molecule has 0 radical (unpaired) electrons. The van der Waals surface area contributed by atoms with E-state index < -0.39 is 0 Å². The van der Waals surface area contributed by atoms with E-state index in [1.807, 2.05) is 14.1 Å². The number of rotatable bonds is 2. The monoisotopic (exact) mass is 250 g/mol. The van der Waals surface area contributed by atoms with E-state index in [1.165, 1.54) is 32.8 Å². The lowest BCUT2D eigenvalue weighted by Gasteiger charge is -2.11. The average molecular weight is 250 g/mol. The van der Waals surface area contributed by atoms with Gasteiger partial charge in [-0.25, -0.2) is 0 Å². The molecular formula is C17H18N2. The summed E-state index contributed by atoms with van der Waals surface area (Å²) in [5.41, 5.74) is 3.65. The Labute approximate surface area is 113 Å². The van der Waals surface area contributed by atoms with Crippen molar-refractivity contribution in [2.24, 2.45) is 0 Å². The molecule has 0 spiro atoms. The fourth-order valence-electron chi connectivity index (χ4n) is 2.65. The fourth-order valence-corrected chi connectivity index (χ4v) is 2.65. The number of aryl methyl sites for hydroxylation is 1. The molecule has 0 aliphatic carbocycles. The van der Waals surface area contributed by atoms with Crippen LogP contribution in [-0.2, 0) is 0 Å². The van der Waals surface area contributed by atoms with Crippen molar-refractivity contribution in [3.63, 3.8) is 0 Å². The summed E-state index contributed by atoms with van der Waals surface area (Å²) < 4.78 is 0. The highest BCUT2D eigenvalue weighted by Crippen LogP contribution is 2.30. The number of anilines is 2. The summed E-state index contributed by atoms with van der Waals surface area (Å²) in [6, 6.07) is 15.3. The molecule has 2 nitrogen and oxygen atoms in total. The molecule has 0 saturated carbocycles. The molecule has 3 rings (SSSR count). The van der Waals surface area contributed by atoms with Crippen LogP contribution < -0.4 is 10.6 Å². The minimum absolute atomic E-state index is 1.15. The standard InChI is InChI=1S/C17H18N2/c1-11-16-10-12-4-6-15(18-2)9-14(12)8-13(16)5-7-17(11)19-3/h4-10,18-19H,1-3H3. The molecule has 0 aliphatic rings. The van der Waals surface area contributed by atoms with Gasteiger partial charge in [-0.1, -0.05) is 12.1 Å². The summed E-state index contributed by atoms with van der Waals surface area (Å²) in [7, 11) is 3.92. The van der Waals surface area contributed by atoms with Crippen LogP contribution in [0.3, 0.4) is 0 Å². The van der Waals surface area contributed by atoms with Crippen molar-refractivity contribution < 1.29 is 0 Å². The predicted molar refractivity (Wildman–Crippen MR) is 85.3 cm³/mol. The van der Waals surface area contributed by atoms with Gasteiger partial charge in [-0.05, 0) is 64.4 Å². The molecule has 0 fully saturated rings. The second kappa shape index (κ2) is 4.47. The summed E-state index contributed by atoms with van der Waals surface area (Å²) >= 11 is 0. The topological polar surface area (TPSA) is 24.1 Å². The van der Waals surface area contributed by atoms with Gasteiger partial charge in [0.1, 0.15) is 0 Å². The molecule has 0 saturated heterocycles. The highest BCUT2D eigenvalue weighted by atomic mass is 14.8. The van der Waals surface area contributed by atoms with Gasteiger partial charge in [-0.15, -0.1) is 0 Å². The van der Waals surface area contributed by atoms with Crippen LogP contribution >= 0.6 is 0 Å². The fraction of sp³-hybridized carbons (Fsp3) is 0.176. The Bertz CT molecular complexity index is 760. The smallest absolute Gasteiger partial charge is 0.0373 e. The third-order valence-electron chi connectivity index (χ3n) is 3.80. The SMILES string of the molecule is CNc1ccc2cc3c(C)c(NC)ccc3cc2c1. The lowest BCUT2D eigenvalue weighted by molar-refractivity contribution is 1.44. The minimum Gasteiger partial charge on any atom is -0.388 e. The first kappa shape index (κ1) is 11.8. The van der Waals surface area contributed by atoms with Gasteiger partial charge < -0.3 is 10.6 Å². The third-order valence-corrected chi connectivity index (χ3v) is 3.80. The molecule has 0 aromatic heterocycles. The van der Waals surface area contributed by atoms with Gasteiger partial charge >= 0.3 is 0 Å². The molecule has 3 aromatic rings. The van der Waals surface area contributed by atoms with E-state index in [9.17, 15) is 0 Å². The first-order valence-corrected chi connectivity index (χ1v) is 6.55. The van der Waals surface area contributed by atoms with Crippen LogP contribution in [0.1, 0.15) is 5.56 Å². The first-order valence-electron chi connectivity index (χ1n) is 6.55. The largest absolute Gasteiger partial charge is 0.388 e. The summed E-state index contributed by atoms with van der Waals surface area (Å²) in [5.74, 6) is 0. The second-order valence-electron chi connectivity index (χ2n) is 4.87. The summed E-state index contributed by atoms with van der Waals surface area (Å²) in [6.45, 7) is 2.17. The Kier molecular flexibility index (Phi) is 2.79. The molecule has 96 valence electrons. The number of benzene rings is 3. The van der Waals surface area contributed by atoms with E-state index in [-0.39, 0.29) is 0 Å². The maximum absolute atomic E-state index is 3.24. The first-order chi connectivity index (χ1) is 9.22. The zero-order valence-corrected chi connectivity index (χ0v) is 11.5. The average Bonchev–Trinajstić information content (AvgIpc) is 2.45. The quantitative estimate of drug-likeness (QED) is 0.659. The Hall–Kier alpha value is -2.22. The maximum atomic E-state index is 3.24. The lowest BCUT2D eigenvalue weighted by Crippen LogP contribution is -1.92. The Morgan fingerprint density at radius 1 is 0.737 bits per heavy atom. The lowest BCUT2D eigenvalue weighted by atomic mass is 9.99. The van der Waals surface area contributed by atoms with Crippen LogP contribution in [-0.4, -0.2) is 14.1 Å². The van der Waals surface area contributed by atoms with Crippen LogP contribution in [0.5, 0.6) is 0 Å². The van der Waals surface area contributed by atoms with Gasteiger partial charge in [0.2, 0.25) is 0 Å². The normalized spacial score (nSPS) is 10.9. The number of hydrogen-bond acceptors (Lipinski definition) is 2. The van der Waals surface area contributed by atoms with E-state index in [1.54, 1.807) is 0 Å². The van der Waals surface area contributed by atoms with Gasteiger partial charge in [-0.2, -0.15) is 0 Å². The van der Waals surface area contributed by atoms with Gasteiger partial charge in [-0.3, -0.25) is 0 Å². The molecule has 0 amide bonds. The van der Waals surface area contributed by atoms with Crippen LogP contribution in [0, 0.1) is 6.92 Å². The van der Waals surface area contributed by atoms with Crippen molar-refractivity contribution in [2.75, 3.05) is 24.7 Å². The zero-order chi connectivity index (χ0) is 13.4. The molecule has 3 aromatic carbocycles. The number of nitrogens with one attached hydrogen (secondary N) is 2. The predicted octanol–water partition coefficient (Wildman–Crippen LogP) is 4.38. The van der Waals surface area contributed by atoms with E-state index in [0.717, 1.165) is 5.69 Å². The van der Waals surface area contributed by atoms with Crippen molar-refractivity contribution in [3.8, 4) is 0 Å². The molecule has 2 heteroatoms. The summed E-state index contributed by atoms with van der Waals surface area (Å²) in [4.78, 5) is 0. The molecule has 19 heavy (non-hydrogen) atoms.